The summed E-state index contributed by atoms with van der Waals surface area (Å²) in [5, 5.41) is 5.17. The van der Waals surface area contributed by atoms with Gasteiger partial charge >= 0.3 is 0 Å². The van der Waals surface area contributed by atoms with Gasteiger partial charge in [-0.2, -0.15) is 0 Å². The lowest BCUT2D eigenvalue weighted by Crippen LogP contribution is -2.26. The molecule has 0 spiro atoms. The van der Waals surface area contributed by atoms with E-state index in [1.54, 1.807) is 5.56 Å². The Morgan fingerprint density at radius 1 is 1.10 bits per heavy atom. The fourth-order valence-electron chi connectivity index (χ4n) is 5.55. The molecule has 0 saturated heterocycles. The van der Waals surface area contributed by atoms with Crippen LogP contribution >= 0.6 is 11.3 Å². The molecule has 2 aliphatic rings. The number of hydrogen-bond acceptors (Lipinski definition) is 2. The molecule has 2 aromatic carbocycles. The van der Waals surface area contributed by atoms with Crippen molar-refractivity contribution >= 4 is 33.2 Å². The van der Waals surface area contributed by atoms with E-state index in [-0.39, 0.29) is 0 Å². The second-order valence-corrected chi connectivity index (χ2v) is 10.2. The molecule has 0 fully saturated rings. The minimum atomic E-state index is 0.584. The molecule has 3 aromatic rings. The smallest absolute Gasteiger partial charge is 0.0405 e. The number of fused-ring (bicyclic) bond motifs is 4. The van der Waals surface area contributed by atoms with Crippen molar-refractivity contribution in [2.45, 2.75) is 46.0 Å². The number of allylic oxidation sites excluding steroid dienone is 1. The molecule has 5 rings (SSSR count). The molecular formula is C27H31NS. The van der Waals surface area contributed by atoms with E-state index in [0.29, 0.717) is 23.7 Å². The molecule has 0 amide bonds. The van der Waals surface area contributed by atoms with Crippen LogP contribution in [0, 0.1) is 17.8 Å². The molecule has 29 heavy (non-hydrogen) atoms. The molecule has 4 unspecified atom stereocenters. The molecule has 0 saturated carbocycles. The van der Waals surface area contributed by atoms with Gasteiger partial charge in [-0.25, -0.2) is 0 Å². The molecular weight excluding hydrogens is 370 g/mol. The van der Waals surface area contributed by atoms with Crippen molar-refractivity contribution in [2.24, 2.45) is 17.8 Å². The SMILES string of the molecule is CC1C=Cc2sc3ccccc3c2C1C(C)C(C)Cc1cccc2c1NCCC2. The van der Waals surface area contributed by atoms with Gasteiger partial charge in [0.2, 0.25) is 0 Å². The highest BCUT2D eigenvalue weighted by atomic mass is 32.1. The summed E-state index contributed by atoms with van der Waals surface area (Å²) in [6.45, 7) is 8.48. The van der Waals surface area contributed by atoms with Crippen LogP contribution in [0.4, 0.5) is 5.69 Å². The van der Waals surface area contributed by atoms with Crippen LogP contribution in [0.15, 0.2) is 48.5 Å². The highest BCUT2D eigenvalue weighted by Gasteiger charge is 2.34. The molecule has 0 bridgehead atoms. The number of thiophene rings is 1. The third kappa shape index (κ3) is 3.32. The van der Waals surface area contributed by atoms with Crippen LogP contribution in [0.25, 0.3) is 16.2 Å². The summed E-state index contributed by atoms with van der Waals surface area (Å²) < 4.78 is 1.43. The lowest BCUT2D eigenvalue weighted by Gasteiger charge is -2.35. The maximum Gasteiger partial charge on any atom is 0.0405 e. The van der Waals surface area contributed by atoms with Gasteiger partial charge in [0, 0.05) is 21.8 Å². The monoisotopic (exact) mass is 401 g/mol. The second kappa shape index (κ2) is 7.65. The first-order valence-corrected chi connectivity index (χ1v) is 12.0. The molecule has 2 heteroatoms. The molecule has 0 radical (unpaired) electrons. The van der Waals surface area contributed by atoms with E-state index in [1.165, 1.54) is 44.6 Å². The van der Waals surface area contributed by atoms with Gasteiger partial charge < -0.3 is 5.32 Å². The van der Waals surface area contributed by atoms with Crippen LogP contribution in [-0.2, 0) is 12.8 Å². The summed E-state index contributed by atoms with van der Waals surface area (Å²) >= 11 is 1.96. The van der Waals surface area contributed by atoms with Crippen molar-refractivity contribution in [1.29, 1.82) is 0 Å². The molecule has 150 valence electrons. The van der Waals surface area contributed by atoms with Crippen molar-refractivity contribution in [1.82, 2.24) is 0 Å². The first kappa shape index (κ1) is 18.9. The number of benzene rings is 2. The zero-order valence-corrected chi connectivity index (χ0v) is 18.6. The number of anilines is 1. The number of rotatable bonds is 4. The van der Waals surface area contributed by atoms with Crippen molar-refractivity contribution in [3.05, 3.63) is 70.1 Å². The summed E-state index contributed by atoms with van der Waals surface area (Å²) in [6, 6.07) is 15.9. The van der Waals surface area contributed by atoms with Crippen molar-refractivity contribution in [2.75, 3.05) is 11.9 Å². The van der Waals surface area contributed by atoms with Gasteiger partial charge in [-0.1, -0.05) is 63.2 Å². The molecule has 1 nitrogen and oxygen atoms in total. The average Bonchev–Trinajstić information content (AvgIpc) is 3.12. The average molecular weight is 402 g/mol. The van der Waals surface area contributed by atoms with E-state index in [0.717, 1.165) is 13.0 Å². The Labute approximate surface area is 178 Å². The fourth-order valence-corrected chi connectivity index (χ4v) is 6.73. The minimum Gasteiger partial charge on any atom is -0.385 e. The molecule has 1 aromatic heterocycles. The third-order valence-corrected chi connectivity index (χ3v) is 8.43. The van der Waals surface area contributed by atoms with Gasteiger partial charge in [-0.3, -0.25) is 0 Å². The summed E-state index contributed by atoms with van der Waals surface area (Å²) in [5.41, 5.74) is 6.05. The van der Waals surface area contributed by atoms with Gasteiger partial charge in [0.05, 0.1) is 0 Å². The summed E-state index contributed by atoms with van der Waals surface area (Å²) in [7, 11) is 0. The predicted molar refractivity (Wildman–Crippen MR) is 128 cm³/mol. The highest BCUT2D eigenvalue weighted by Crippen LogP contribution is 2.48. The van der Waals surface area contributed by atoms with E-state index >= 15 is 0 Å². The van der Waals surface area contributed by atoms with Crippen molar-refractivity contribution < 1.29 is 0 Å². The lowest BCUT2D eigenvalue weighted by atomic mass is 9.69. The molecule has 1 aliphatic carbocycles. The Morgan fingerprint density at radius 2 is 1.97 bits per heavy atom. The van der Waals surface area contributed by atoms with Gasteiger partial charge in [-0.05, 0) is 77.2 Å². The summed E-state index contributed by atoms with van der Waals surface area (Å²) in [6.07, 6.45) is 8.44. The normalized spacial score (nSPS) is 22.6. The molecule has 4 atom stereocenters. The zero-order valence-electron chi connectivity index (χ0n) is 17.7. The Morgan fingerprint density at radius 3 is 2.86 bits per heavy atom. The topological polar surface area (TPSA) is 12.0 Å². The van der Waals surface area contributed by atoms with E-state index in [9.17, 15) is 0 Å². The summed E-state index contributed by atoms with van der Waals surface area (Å²) in [5.74, 6) is 2.44. The maximum atomic E-state index is 3.69. The van der Waals surface area contributed by atoms with Gasteiger partial charge in [-0.15, -0.1) is 11.3 Å². The highest BCUT2D eigenvalue weighted by molar-refractivity contribution is 7.20. The maximum absolute atomic E-state index is 3.69. The Balaban J connectivity index is 1.46. The number of para-hydroxylation sites is 1. The Hall–Kier alpha value is -2.06. The molecule has 2 heterocycles. The van der Waals surface area contributed by atoms with Crippen LogP contribution in [-0.4, -0.2) is 6.54 Å². The van der Waals surface area contributed by atoms with E-state index in [2.05, 4.69) is 80.7 Å². The third-order valence-electron chi connectivity index (χ3n) is 7.28. The Bertz CT molecular complexity index is 1060. The number of aryl methyl sites for hydroxylation is 1. The number of hydrogen-bond donors (Lipinski definition) is 1. The fraction of sp³-hybridized carbons (Fsp3) is 0.407. The van der Waals surface area contributed by atoms with Crippen LogP contribution in [0.2, 0.25) is 0 Å². The lowest BCUT2D eigenvalue weighted by molar-refractivity contribution is 0.286. The summed E-state index contributed by atoms with van der Waals surface area (Å²) in [4.78, 5) is 1.48. The molecule has 1 N–H and O–H groups in total. The zero-order chi connectivity index (χ0) is 20.0. The van der Waals surface area contributed by atoms with Gasteiger partial charge in [0.25, 0.3) is 0 Å². The van der Waals surface area contributed by atoms with E-state index < -0.39 is 0 Å². The standard InChI is InChI=1S/C27H31NS/c1-17-13-14-24-26(22-11-4-5-12-23(22)29-24)25(17)19(3)18(2)16-21-9-6-8-20-10-7-15-28-27(20)21/h4-6,8-9,11-14,17-19,25,28H,7,10,15-16H2,1-3H3. The van der Waals surface area contributed by atoms with Crippen molar-refractivity contribution in [3.8, 4) is 0 Å². The predicted octanol–water partition coefficient (Wildman–Crippen LogP) is 7.52. The Kier molecular flexibility index (Phi) is 4.99. The van der Waals surface area contributed by atoms with E-state index in [1.807, 2.05) is 11.3 Å². The first-order chi connectivity index (χ1) is 14.1. The van der Waals surface area contributed by atoms with Crippen LogP contribution in [0.1, 0.15) is 54.7 Å². The van der Waals surface area contributed by atoms with Gasteiger partial charge in [0.1, 0.15) is 0 Å². The minimum absolute atomic E-state index is 0.584. The second-order valence-electron chi connectivity index (χ2n) is 9.14. The van der Waals surface area contributed by atoms with Crippen LogP contribution in [0.3, 0.4) is 0 Å². The van der Waals surface area contributed by atoms with Crippen molar-refractivity contribution in [3.63, 3.8) is 0 Å². The largest absolute Gasteiger partial charge is 0.385 e. The van der Waals surface area contributed by atoms with Crippen LogP contribution in [0.5, 0.6) is 0 Å². The quantitative estimate of drug-likeness (QED) is 0.476. The van der Waals surface area contributed by atoms with Crippen LogP contribution < -0.4 is 5.32 Å². The van der Waals surface area contributed by atoms with E-state index in [4.69, 9.17) is 0 Å². The molecule has 1 aliphatic heterocycles. The number of nitrogens with one attached hydrogen (secondary N) is 1. The van der Waals surface area contributed by atoms with Gasteiger partial charge in [0.15, 0.2) is 0 Å². The first-order valence-electron chi connectivity index (χ1n) is 11.2.